The predicted octanol–water partition coefficient (Wildman–Crippen LogP) is 1.46. The second kappa shape index (κ2) is 6.34. The van der Waals surface area contributed by atoms with Crippen LogP contribution in [-0.4, -0.2) is 35.5 Å². The van der Waals surface area contributed by atoms with Gasteiger partial charge in [0, 0.05) is 12.6 Å². The van der Waals surface area contributed by atoms with Gasteiger partial charge in [0.15, 0.2) is 5.60 Å². The summed E-state index contributed by atoms with van der Waals surface area (Å²) in [6, 6.07) is 2.93. The number of esters is 2. The molecule has 0 aliphatic heterocycles. The number of rotatable bonds is 4. The van der Waals surface area contributed by atoms with Gasteiger partial charge in [-0.1, -0.05) is 0 Å². The van der Waals surface area contributed by atoms with Crippen molar-refractivity contribution in [1.82, 2.24) is 4.98 Å². The lowest BCUT2D eigenvalue weighted by Gasteiger charge is -2.23. The largest absolute Gasteiger partial charge is 0.465 e. The van der Waals surface area contributed by atoms with E-state index in [9.17, 15) is 14.4 Å². The van der Waals surface area contributed by atoms with Crippen molar-refractivity contribution in [2.75, 3.05) is 12.4 Å². The van der Waals surface area contributed by atoms with Gasteiger partial charge in [-0.3, -0.25) is 9.59 Å². The van der Waals surface area contributed by atoms with Gasteiger partial charge in [0.25, 0.3) is 5.91 Å². The summed E-state index contributed by atoms with van der Waals surface area (Å²) in [5.74, 6) is -1.47. The maximum atomic E-state index is 12.1. The lowest BCUT2D eigenvalue weighted by molar-refractivity contribution is -0.160. The summed E-state index contributed by atoms with van der Waals surface area (Å²) in [4.78, 5) is 38.7. The number of hydrogen-bond acceptors (Lipinski definition) is 6. The van der Waals surface area contributed by atoms with Crippen molar-refractivity contribution in [3.8, 4) is 0 Å². The van der Waals surface area contributed by atoms with Gasteiger partial charge in [-0.05, 0) is 32.9 Å². The van der Waals surface area contributed by atoms with Crippen molar-refractivity contribution in [1.29, 1.82) is 0 Å². The smallest absolute Gasteiger partial charge is 0.338 e. The monoisotopic (exact) mass is 294 g/mol. The number of carbonyl (C=O) groups excluding carboxylic acids is 3. The number of nitrogens with one attached hydrogen (secondary N) is 1. The molecule has 0 aromatic carbocycles. The summed E-state index contributed by atoms with van der Waals surface area (Å²) >= 11 is 0. The number of nitrogens with zero attached hydrogens (tertiary/aromatic N) is 1. The Bertz CT molecular complexity index is 581. The van der Waals surface area contributed by atoms with Gasteiger partial charge in [-0.25, -0.2) is 9.78 Å². The molecule has 0 unspecified atom stereocenters. The number of aryl methyl sites for hydroxylation is 1. The maximum absolute atomic E-state index is 12.1. The third-order valence-corrected chi connectivity index (χ3v) is 2.56. The minimum Gasteiger partial charge on any atom is -0.465 e. The Hall–Kier alpha value is -2.44. The van der Waals surface area contributed by atoms with Crippen molar-refractivity contribution in [2.45, 2.75) is 33.3 Å². The summed E-state index contributed by atoms with van der Waals surface area (Å²) in [6.45, 7) is 5.82. The zero-order chi connectivity index (χ0) is 16.2. The second-order valence-electron chi connectivity index (χ2n) is 4.93. The Morgan fingerprint density at radius 2 is 1.86 bits per heavy atom. The molecule has 1 rings (SSSR count). The number of carbonyl (C=O) groups is 3. The van der Waals surface area contributed by atoms with Gasteiger partial charge >= 0.3 is 11.9 Å². The fourth-order valence-corrected chi connectivity index (χ4v) is 1.64. The summed E-state index contributed by atoms with van der Waals surface area (Å²) in [6.07, 6.45) is 0. The first kappa shape index (κ1) is 16.6. The van der Waals surface area contributed by atoms with E-state index < -0.39 is 23.4 Å². The van der Waals surface area contributed by atoms with Crippen LogP contribution in [0.25, 0.3) is 0 Å². The Morgan fingerprint density at radius 3 is 2.38 bits per heavy atom. The third kappa shape index (κ3) is 4.55. The number of amides is 1. The molecule has 0 fully saturated rings. The fraction of sp³-hybridized carbons (Fsp3) is 0.429. The number of anilines is 1. The quantitative estimate of drug-likeness (QED) is 0.845. The normalized spacial score (nSPS) is 10.7. The Kier molecular flexibility index (Phi) is 5.02. The molecule has 1 aromatic heterocycles. The molecule has 0 saturated heterocycles. The van der Waals surface area contributed by atoms with Crippen molar-refractivity contribution < 1.29 is 23.9 Å². The average molecular weight is 294 g/mol. The van der Waals surface area contributed by atoms with Crippen molar-refractivity contribution in [2.24, 2.45) is 0 Å². The topological polar surface area (TPSA) is 94.6 Å². The van der Waals surface area contributed by atoms with Gasteiger partial charge in [0.2, 0.25) is 0 Å². The molecule has 0 bridgehead atoms. The van der Waals surface area contributed by atoms with Crippen LogP contribution in [0.3, 0.4) is 0 Å². The molecule has 0 saturated carbocycles. The molecule has 0 aliphatic rings. The molecule has 7 nitrogen and oxygen atoms in total. The van der Waals surface area contributed by atoms with Gasteiger partial charge in [-0.2, -0.15) is 0 Å². The van der Waals surface area contributed by atoms with Crippen molar-refractivity contribution in [3.63, 3.8) is 0 Å². The van der Waals surface area contributed by atoms with Crippen LogP contribution < -0.4 is 5.32 Å². The number of methoxy groups -OCH3 is 1. The zero-order valence-corrected chi connectivity index (χ0v) is 12.6. The Labute approximate surface area is 122 Å². The van der Waals surface area contributed by atoms with Gasteiger partial charge < -0.3 is 14.8 Å². The molecule has 114 valence electrons. The highest BCUT2D eigenvalue weighted by atomic mass is 16.6. The molecule has 1 heterocycles. The van der Waals surface area contributed by atoms with E-state index in [0.717, 1.165) is 0 Å². The summed E-state index contributed by atoms with van der Waals surface area (Å²) < 4.78 is 9.55. The molecule has 0 aliphatic carbocycles. The maximum Gasteiger partial charge on any atom is 0.338 e. The van der Waals surface area contributed by atoms with Gasteiger partial charge in [0.1, 0.15) is 5.82 Å². The zero-order valence-electron chi connectivity index (χ0n) is 12.6. The minimum absolute atomic E-state index is 0.181. The fourth-order valence-electron chi connectivity index (χ4n) is 1.64. The molecule has 1 N–H and O–H groups in total. The lowest BCUT2D eigenvalue weighted by atomic mass is 10.1. The van der Waals surface area contributed by atoms with Gasteiger partial charge in [0.05, 0.1) is 12.7 Å². The standard InChI is InChI=1S/C14H18N2O5/c1-8-6-10(12(18)20-5)7-11(15-8)16-13(19)14(3,4)21-9(2)17/h6-7H,1-5H3,(H,15,16,19). The Balaban J connectivity index is 2.97. The SMILES string of the molecule is COC(=O)c1cc(C)nc(NC(=O)C(C)(C)OC(C)=O)c1. The van der Waals surface area contributed by atoms with Crippen LogP contribution in [0.15, 0.2) is 12.1 Å². The Morgan fingerprint density at radius 1 is 1.24 bits per heavy atom. The number of aromatic nitrogens is 1. The number of pyridine rings is 1. The molecule has 1 amide bonds. The van der Waals surface area contributed by atoms with Crippen LogP contribution in [0.2, 0.25) is 0 Å². The molecule has 0 radical (unpaired) electrons. The lowest BCUT2D eigenvalue weighted by Crippen LogP contribution is -2.41. The highest BCUT2D eigenvalue weighted by Gasteiger charge is 2.31. The van der Waals surface area contributed by atoms with E-state index >= 15 is 0 Å². The van der Waals surface area contributed by atoms with Gasteiger partial charge in [-0.15, -0.1) is 0 Å². The van der Waals surface area contributed by atoms with Crippen molar-refractivity contribution >= 4 is 23.7 Å². The van der Waals surface area contributed by atoms with Crippen LogP contribution in [0.5, 0.6) is 0 Å². The molecule has 1 aromatic rings. The molecule has 21 heavy (non-hydrogen) atoms. The van der Waals surface area contributed by atoms with Crippen molar-refractivity contribution in [3.05, 3.63) is 23.4 Å². The van der Waals surface area contributed by atoms with Crippen LogP contribution >= 0.6 is 0 Å². The highest BCUT2D eigenvalue weighted by Crippen LogP contribution is 2.16. The first-order valence-electron chi connectivity index (χ1n) is 6.23. The molecular formula is C14H18N2O5. The van der Waals surface area contributed by atoms with E-state index in [2.05, 4.69) is 15.0 Å². The first-order chi connectivity index (χ1) is 9.65. The highest BCUT2D eigenvalue weighted by molar-refractivity contribution is 5.98. The number of ether oxygens (including phenoxy) is 2. The summed E-state index contributed by atoms with van der Waals surface area (Å²) in [5.41, 5.74) is -0.535. The van der Waals surface area contributed by atoms with E-state index in [-0.39, 0.29) is 11.4 Å². The predicted molar refractivity (Wildman–Crippen MR) is 74.8 cm³/mol. The summed E-state index contributed by atoms with van der Waals surface area (Å²) in [7, 11) is 1.26. The van der Waals surface area contributed by atoms with E-state index in [0.29, 0.717) is 5.69 Å². The number of hydrogen-bond donors (Lipinski definition) is 1. The molecule has 0 spiro atoms. The van der Waals surface area contributed by atoms with E-state index in [1.807, 2.05) is 0 Å². The van der Waals surface area contributed by atoms with E-state index in [1.54, 1.807) is 13.0 Å². The van der Waals surface area contributed by atoms with E-state index in [4.69, 9.17) is 4.74 Å². The molecule has 7 heteroatoms. The third-order valence-electron chi connectivity index (χ3n) is 2.56. The minimum atomic E-state index is -1.34. The van der Waals surface area contributed by atoms with Crippen LogP contribution in [0, 0.1) is 6.92 Å². The van der Waals surface area contributed by atoms with Crippen LogP contribution in [0.4, 0.5) is 5.82 Å². The summed E-state index contributed by atoms with van der Waals surface area (Å²) in [5, 5.41) is 2.51. The second-order valence-corrected chi connectivity index (χ2v) is 4.93. The van der Waals surface area contributed by atoms with Crippen LogP contribution in [0.1, 0.15) is 36.8 Å². The first-order valence-corrected chi connectivity index (χ1v) is 6.23. The molecule has 0 atom stereocenters. The van der Waals surface area contributed by atoms with E-state index in [1.165, 1.54) is 33.9 Å². The average Bonchev–Trinajstić information content (AvgIpc) is 2.35. The van der Waals surface area contributed by atoms with Crippen LogP contribution in [-0.2, 0) is 19.1 Å². The molecular weight excluding hydrogens is 276 g/mol.